The third-order valence-electron chi connectivity index (χ3n) is 2.88. The second kappa shape index (κ2) is 5.63. The van der Waals surface area contributed by atoms with Crippen LogP contribution in [0.25, 0.3) is 0 Å². The van der Waals surface area contributed by atoms with Gasteiger partial charge in [-0.05, 0) is 55.5 Å². The summed E-state index contributed by atoms with van der Waals surface area (Å²) in [7, 11) is 0. The molecule has 1 aromatic carbocycles. The molecule has 1 aromatic rings. The van der Waals surface area contributed by atoms with Crippen molar-refractivity contribution in [1.29, 1.82) is 0 Å². The molecule has 2 N–H and O–H groups in total. The molecule has 0 saturated carbocycles. The van der Waals surface area contributed by atoms with E-state index in [-0.39, 0.29) is 12.1 Å². The van der Waals surface area contributed by atoms with Crippen molar-refractivity contribution in [2.45, 2.75) is 19.9 Å². The summed E-state index contributed by atoms with van der Waals surface area (Å²) in [5.74, 6) is 0.728. The molecule has 0 saturated heterocycles. The highest BCUT2D eigenvalue weighted by atomic mass is 79.9. The summed E-state index contributed by atoms with van der Waals surface area (Å²) >= 11 is 6.90. The van der Waals surface area contributed by atoms with E-state index in [0.717, 1.165) is 14.5 Å². The van der Waals surface area contributed by atoms with Gasteiger partial charge in [-0.15, -0.1) is 0 Å². The average Bonchev–Trinajstić information content (AvgIpc) is 2.57. The van der Waals surface area contributed by atoms with Gasteiger partial charge in [0.25, 0.3) is 0 Å². The second-order valence-corrected chi connectivity index (χ2v) is 6.65. The number of amidine groups is 1. The van der Waals surface area contributed by atoms with Gasteiger partial charge < -0.3 is 10.6 Å². The number of amides is 2. The van der Waals surface area contributed by atoms with Crippen molar-refractivity contribution in [1.82, 2.24) is 4.90 Å². The molecular formula is C13H15Br2N3O. The zero-order valence-corrected chi connectivity index (χ0v) is 13.9. The van der Waals surface area contributed by atoms with Crippen LogP contribution in [0.5, 0.6) is 0 Å². The standard InChI is InChI=1S/C13H15Br2N3O/c1-7(2)6-18-11(12(16)17-13(18)19)8-3-4-9(14)10(15)5-8/h3-5,7,11H,6H2,1-2H3,(H2,16,17,19). The molecule has 2 amide bonds. The average molecular weight is 389 g/mol. The third kappa shape index (κ3) is 3.00. The van der Waals surface area contributed by atoms with Gasteiger partial charge in [0, 0.05) is 15.5 Å². The highest BCUT2D eigenvalue weighted by molar-refractivity contribution is 9.13. The molecule has 19 heavy (non-hydrogen) atoms. The largest absolute Gasteiger partial charge is 0.385 e. The van der Waals surface area contributed by atoms with Crippen molar-refractivity contribution in [3.05, 3.63) is 32.7 Å². The summed E-state index contributed by atoms with van der Waals surface area (Å²) in [6.07, 6.45) is 0. The molecular weight excluding hydrogens is 374 g/mol. The van der Waals surface area contributed by atoms with Gasteiger partial charge in [0.05, 0.1) is 0 Å². The molecule has 0 aromatic heterocycles. The van der Waals surface area contributed by atoms with Gasteiger partial charge in [0.2, 0.25) is 0 Å². The number of benzene rings is 1. The molecule has 1 unspecified atom stereocenters. The van der Waals surface area contributed by atoms with Crippen molar-refractivity contribution in [3.63, 3.8) is 0 Å². The molecule has 0 spiro atoms. The van der Waals surface area contributed by atoms with Gasteiger partial charge >= 0.3 is 6.03 Å². The van der Waals surface area contributed by atoms with E-state index in [2.05, 4.69) is 50.7 Å². The summed E-state index contributed by atoms with van der Waals surface area (Å²) in [5.41, 5.74) is 6.88. The minimum absolute atomic E-state index is 0.254. The normalized spacial score (nSPS) is 19.2. The Balaban J connectivity index is 2.36. The highest BCUT2D eigenvalue weighted by Crippen LogP contribution is 2.32. The quantitative estimate of drug-likeness (QED) is 0.857. The lowest BCUT2D eigenvalue weighted by Crippen LogP contribution is -2.35. The van der Waals surface area contributed by atoms with Crippen molar-refractivity contribution in [3.8, 4) is 0 Å². The Morgan fingerprint density at radius 3 is 2.63 bits per heavy atom. The minimum Gasteiger partial charge on any atom is -0.385 e. The van der Waals surface area contributed by atoms with E-state index in [1.807, 2.05) is 18.2 Å². The highest BCUT2D eigenvalue weighted by Gasteiger charge is 2.34. The first-order valence-electron chi connectivity index (χ1n) is 5.99. The molecule has 1 atom stereocenters. The Bertz CT molecular complexity index is 543. The maximum Gasteiger partial charge on any atom is 0.346 e. The van der Waals surface area contributed by atoms with Crippen molar-refractivity contribution in [2.75, 3.05) is 6.54 Å². The van der Waals surface area contributed by atoms with Crippen molar-refractivity contribution >= 4 is 43.7 Å². The lowest BCUT2D eigenvalue weighted by Gasteiger charge is -2.26. The van der Waals surface area contributed by atoms with Crippen LogP contribution in [0.4, 0.5) is 4.79 Å². The predicted molar refractivity (Wildman–Crippen MR) is 83.1 cm³/mol. The van der Waals surface area contributed by atoms with Gasteiger partial charge in [-0.2, -0.15) is 4.99 Å². The first-order valence-corrected chi connectivity index (χ1v) is 7.58. The fourth-order valence-electron chi connectivity index (χ4n) is 2.12. The fraction of sp³-hybridized carbons (Fsp3) is 0.385. The number of carbonyl (C=O) groups excluding carboxylic acids is 1. The second-order valence-electron chi connectivity index (χ2n) is 4.94. The summed E-state index contributed by atoms with van der Waals surface area (Å²) in [6.45, 7) is 4.77. The molecule has 4 nitrogen and oxygen atoms in total. The molecule has 0 radical (unpaired) electrons. The molecule has 6 heteroatoms. The summed E-state index contributed by atoms with van der Waals surface area (Å²) in [5, 5.41) is 0. The van der Waals surface area contributed by atoms with Gasteiger partial charge in [0.1, 0.15) is 11.9 Å². The zero-order valence-electron chi connectivity index (χ0n) is 10.7. The lowest BCUT2D eigenvalue weighted by atomic mass is 10.0. The van der Waals surface area contributed by atoms with Gasteiger partial charge in [-0.3, -0.25) is 0 Å². The lowest BCUT2D eigenvalue weighted by molar-refractivity contribution is 0.199. The Hall–Kier alpha value is -0.880. The van der Waals surface area contributed by atoms with Crippen molar-refractivity contribution < 1.29 is 4.79 Å². The Kier molecular flexibility index (Phi) is 4.30. The molecule has 0 fully saturated rings. The van der Waals surface area contributed by atoms with Gasteiger partial charge in [-0.1, -0.05) is 19.9 Å². The molecule has 2 rings (SSSR count). The zero-order chi connectivity index (χ0) is 14.2. The Morgan fingerprint density at radius 1 is 1.37 bits per heavy atom. The smallest absolute Gasteiger partial charge is 0.346 e. The molecule has 0 bridgehead atoms. The number of nitrogens with two attached hydrogens (primary N) is 1. The van der Waals surface area contributed by atoms with Crippen LogP contribution in [0.15, 0.2) is 32.1 Å². The van der Waals surface area contributed by atoms with Crippen LogP contribution in [0.3, 0.4) is 0 Å². The van der Waals surface area contributed by atoms with Gasteiger partial charge in [0.15, 0.2) is 0 Å². The van der Waals surface area contributed by atoms with E-state index in [4.69, 9.17) is 5.73 Å². The number of halogens is 2. The summed E-state index contributed by atoms with van der Waals surface area (Å²) < 4.78 is 1.90. The van der Waals surface area contributed by atoms with Crippen LogP contribution in [-0.2, 0) is 0 Å². The number of hydrogen-bond donors (Lipinski definition) is 1. The first-order chi connectivity index (χ1) is 8.90. The van der Waals surface area contributed by atoms with E-state index in [1.54, 1.807) is 4.90 Å². The van der Waals surface area contributed by atoms with Crippen LogP contribution in [-0.4, -0.2) is 23.3 Å². The molecule has 1 aliphatic heterocycles. The number of nitrogens with zero attached hydrogens (tertiary/aromatic N) is 2. The number of hydrogen-bond acceptors (Lipinski definition) is 2. The molecule has 1 aliphatic rings. The number of urea groups is 1. The number of carbonyl (C=O) groups is 1. The SMILES string of the molecule is CC(C)CN1C(=O)N=C(N)C1c1ccc(Br)c(Br)c1. The molecule has 0 aliphatic carbocycles. The predicted octanol–water partition coefficient (Wildman–Crippen LogP) is 3.70. The van der Waals surface area contributed by atoms with Gasteiger partial charge in [-0.25, -0.2) is 4.79 Å². The van der Waals surface area contributed by atoms with Crippen LogP contribution < -0.4 is 5.73 Å². The van der Waals surface area contributed by atoms with E-state index >= 15 is 0 Å². The van der Waals surface area contributed by atoms with Crippen LogP contribution >= 0.6 is 31.9 Å². The molecule has 102 valence electrons. The van der Waals surface area contributed by atoms with Crippen LogP contribution in [0.2, 0.25) is 0 Å². The Labute approximate surface area is 129 Å². The van der Waals surface area contributed by atoms with Crippen LogP contribution in [0, 0.1) is 5.92 Å². The first kappa shape index (κ1) is 14.5. The monoisotopic (exact) mass is 387 g/mol. The number of rotatable bonds is 3. The summed E-state index contributed by atoms with van der Waals surface area (Å²) in [6, 6.07) is 5.33. The maximum atomic E-state index is 11.9. The van der Waals surface area contributed by atoms with E-state index < -0.39 is 0 Å². The molecule has 1 heterocycles. The Morgan fingerprint density at radius 2 is 2.05 bits per heavy atom. The topological polar surface area (TPSA) is 58.7 Å². The van der Waals surface area contributed by atoms with E-state index in [9.17, 15) is 4.79 Å². The van der Waals surface area contributed by atoms with Crippen molar-refractivity contribution in [2.24, 2.45) is 16.6 Å². The third-order valence-corrected chi connectivity index (χ3v) is 4.76. The van der Waals surface area contributed by atoms with Crippen LogP contribution in [0.1, 0.15) is 25.5 Å². The van der Waals surface area contributed by atoms with E-state index in [1.165, 1.54) is 0 Å². The van der Waals surface area contributed by atoms with E-state index in [0.29, 0.717) is 18.3 Å². The maximum absolute atomic E-state index is 11.9. The summed E-state index contributed by atoms with van der Waals surface area (Å²) in [4.78, 5) is 17.5. The number of aliphatic imine (C=N–C) groups is 1. The fourth-order valence-corrected chi connectivity index (χ4v) is 2.76. The minimum atomic E-state index is -0.265.